The van der Waals surface area contributed by atoms with Crippen LogP contribution >= 0.6 is 0 Å². The lowest BCUT2D eigenvalue weighted by Crippen LogP contribution is -2.47. The Labute approximate surface area is 142 Å². The normalized spacial score (nSPS) is 20.8. The van der Waals surface area contributed by atoms with E-state index in [-0.39, 0.29) is 6.03 Å². The zero-order valence-electron chi connectivity index (χ0n) is 14.4. The van der Waals surface area contributed by atoms with Gasteiger partial charge in [-0.2, -0.15) is 5.10 Å². The van der Waals surface area contributed by atoms with Gasteiger partial charge in [-0.15, -0.1) is 0 Å². The predicted molar refractivity (Wildman–Crippen MR) is 92.3 cm³/mol. The van der Waals surface area contributed by atoms with Crippen molar-refractivity contribution in [3.05, 3.63) is 48.0 Å². The molecule has 2 amide bonds. The van der Waals surface area contributed by atoms with Crippen molar-refractivity contribution in [2.24, 2.45) is 11.8 Å². The molecule has 3 rings (SSSR count). The molecule has 0 bridgehead atoms. The maximum absolute atomic E-state index is 12.5. The van der Waals surface area contributed by atoms with E-state index in [1.165, 1.54) is 12.7 Å². The molecule has 2 unspecified atom stereocenters. The summed E-state index contributed by atoms with van der Waals surface area (Å²) in [6, 6.07) is 8.15. The summed E-state index contributed by atoms with van der Waals surface area (Å²) in [4.78, 5) is 18.4. The maximum Gasteiger partial charge on any atom is 0.317 e. The Kier molecular flexibility index (Phi) is 5.13. The Balaban J connectivity index is 1.61. The van der Waals surface area contributed by atoms with E-state index in [0.717, 1.165) is 24.2 Å². The minimum atomic E-state index is 0.0314. The van der Waals surface area contributed by atoms with E-state index < -0.39 is 0 Å². The quantitative estimate of drug-likeness (QED) is 0.938. The van der Waals surface area contributed by atoms with E-state index in [4.69, 9.17) is 0 Å². The first-order chi connectivity index (χ1) is 11.6. The zero-order valence-corrected chi connectivity index (χ0v) is 14.4. The van der Waals surface area contributed by atoms with Crippen molar-refractivity contribution < 1.29 is 4.79 Å². The van der Waals surface area contributed by atoms with Crippen molar-refractivity contribution in [2.45, 2.75) is 33.4 Å². The summed E-state index contributed by atoms with van der Waals surface area (Å²) in [6.07, 6.45) is 4.43. The van der Waals surface area contributed by atoms with E-state index in [0.29, 0.717) is 24.9 Å². The van der Waals surface area contributed by atoms with Crippen molar-refractivity contribution in [2.75, 3.05) is 13.1 Å². The molecule has 6 heteroatoms. The largest absolute Gasteiger partial charge is 0.334 e. The van der Waals surface area contributed by atoms with Gasteiger partial charge in [0.2, 0.25) is 0 Å². The molecule has 1 aromatic carbocycles. The van der Waals surface area contributed by atoms with Gasteiger partial charge in [-0.3, -0.25) is 0 Å². The Morgan fingerprint density at radius 2 is 1.92 bits per heavy atom. The summed E-state index contributed by atoms with van der Waals surface area (Å²) >= 11 is 0. The van der Waals surface area contributed by atoms with E-state index >= 15 is 0 Å². The molecule has 1 saturated heterocycles. The van der Waals surface area contributed by atoms with Crippen molar-refractivity contribution in [3.8, 4) is 0 Å². The molecule has 1 aromatic heterocycles. The molecular formula is C18H25N5O. The summed E-state index contributed by atoms with van der Waals surface area (Å²) in [6.45, 7) is 7.30. The first kappa shape index (κ1) is 16.5. The van der Waals surface area contributed by atoms with Crippen molar-refractivity contribution in [3.63, 3.8) is 0 Å². The molecule has 128 valence electrons. The SMILES string of the molecule is CC1CC(C)CN(C(=O)NCc2ccccc2Cn2cncn2)C1. The molecule has 24 heavy (non-hydrogen) atoms. The summed E-state index contributed by atoms with van der Waals surface area (Å²) in [5.41, 5.74) is 2.25. The van der Waals surface area contributed by atoms with Crippen LogP contribution in [0.5, 0.6) is 0 Å². The Bertz CT molecular complexity index is 660. The fourth-order valence-electron chi connectivity index (χ4n) is 3.48. The van der Waals surface area contributed by atoms with Gasteiger partial charge >= 0.3 is 6.03 Å². The van der Waals surface area contributed by atoms with Crippen LogP contribution in [-0.4, -0.2) is 38.8 Å². The molecule has 0 spiro atoms. The van der Waals surface area contributed by atoms with E-state index in [1.807, 2.05) is 23.1 Å². The van der Waals surface area contributed by atoms with Gasteiger partial charge in [0.05, 0.1) is 6.54 Å². The third-order valence-electron chi connectivity index (χ3n) is 4.50. The minimum absolute atomic E-state index is 0.0314. The lowest BCUT2D eigenvalue weighted by Gasteiger charge is -2.35. The second kappa shape index (κ2) is 7.47. The number of nitrogens with one attached hydrogen (secondary N) is 1. The highest BCUT2D eigenvalue weighted by Gasteiger charge is 2.25. The molecule has 1 aliphatic rings. The van der Waals surface area contributed by atoms with Crippen LogP contribution in [-0.2, 0) is 13.1 Å². The van der Waals surface area contributed by atoms with Crippen LogP contribution in [0.4, 0.5) is 4.79 Å². The van der Waals surface area contributed by atoms with Gasteiger partial charge in [0, 0.05) is 19.6 Å². The van der Waals surface area contributed by atoms with Crippen LogP contribution in [0.1, 0.15) is 31.4 Å². The average molecular weight is 327 g/mol. The number of likely N-dealkylation sites (tertiary alicyclic amines) is 1. The van der Waals surface area contributed by atoms with Crippen LogP contribution in [0.2, 0.25) is 0 Å². The molecule has 1 aliphatic heterocycles. The number of hydrogen-bond acceptors (Lipinski definition) is 3. The molecule has 2 heterocycles. The van der Waals surface area contributed by atoms with Crippen molar-refractivity contribution >= 4 is 6.03 Å². The molecule has 6 nitrogen and oxygen atoms in total. The van der Waals surface area contributed by atoms with Crippen LogP contribution in [0.15, 0.2) is 36.9 Å². The minimum Gasteiger partial charge on any atom is -0.334 e. The van der Waals surface area contributed by atoms with Crippen LogP contribution in [0.3, 0.4) is 0 Å². The smallest absolute Gasteiger partial charge is 0.317 e. The molecule has 1 fully saturated rings. The van der Waals surface area contributed by atoms with Gasteiger partial charge in [0.25, 0.3) is 0 Å². The monoisotopic (exact) mass is 327 g/mol. The number of urea groups is 1. The van der Waals surface area contributed by atoms with Crippen molar-refractivity contribution in [1.29, 1.82) is 0 Å². The molecule has 2 aromatic rings. The van der Waals surface area contributed by atoms with E-state index in [1.54, 1.807) is 11.0 Å². The van der Waals surface area contributed by atoms with Crippen LogP contribution < -0.4 is 5.32 Å². The lowest BCUT2D eigenvalue weighted by molar-refractivity contribution is 0.146. The van der Waals surface area contributed by atoms with Gasteiger partial charge in [-0.1, -0.05) is 38.1 Å². The highest BCUT2D eigenvalue weighted by atomic mass is 16.2. The number of benzene rings is 1. The summed E-state index contributed by atoms with van der Waals surface area (Å²) in [5.74, 6) is 1.14. The first-order valence-electron chi connectivity index (χ1n) is 8.53. The number of carbonyl (C=O) groups excluding carboxylic acids is 1. The maximum atomic E-state index is 12.5. The number of hydrogen-bond donors (Lipinski definition) is 1. The van der Waals surface area contributed by atoms with Gasteiger partial charge in [-0.25, -0.2) is 14.5 Å². The molecule has 1 N–H and O–H groups in total. The van der Waals surface area contributed by atoms with Crippen molar-refractivity contribution in [1.82, 2.24) is 25.0 Å². The predicted octanol–water partition coefficient (Wildman–Crippen LogP) is 2.51. The highest BCUT2D eigenvalue weighted by molar-refractivity contribution is 5.74. The Morgan fingerprint density at radius 3 is 2.58 bits per heavy atom. The topological polar surface area (TPSA) is 63.1 Å². The van der Waals surface area contributed by atoms with Gasteiger partial charge in [0.15, 0.2) is 0 Å². The Morgan fingerprint density at radius 1 is 1.21 bits per heavy atom. The number of carbonyl (C=O) groups is 1. The molecule has 0 aliphatic carbocycles. The number of rotatable bonds is 4. The van der Waals surface area contributed by atoms with Crippen LogP contribution in [0.25, 0.3) is 0 Å². The average Bonchev–Trinajstić information content (AvgIpc) is 3.06. The van der Waals surface area contributed by atoms with Gasteiger partial charge in [-0.05, 0) is 29.4 Å². The molecule has 0 saturated carbocycles. The fraction of sp³-hybridized carbons (Fsp3) is 0.500. The zero-order chi connectivity index (χ0) is 16.9. The van der Waals surface area contributed by atoms with Gasteiger partial charge < -0.3 is 10.2 Å². The van der Waals surface area contributed by atoms with E-state index in [9.17, 15) is 4.79 Å². The molecule has 2 atom stereocenters. The molecule has 0 radical (unpaired) electrons. The number of amides is 2. The van der Waals surface area contributed by atoms with Gasteiger partial charge in [0.1, 0.15) is 12.7 Å². The first-order valence-corrected chi connectivity index (χ1v) is 8.53. The Hall–Kier alpha value is -2.37. The third kappa shape index (κ3) is 4.13. The standard InChI is InChI=1S/C18H25N5O/c1-14-7-15(2)10-22(9-14)18(24)20-8-16-5-3-4-6-17(16)11-23-13-19-12-21-23/h3-6,12-15H,7-11H2,1-2H3,(H,20,24). The van der Waals surface area contributed by atoms with E-state index in [2.05, 4.69) is 35.3 Å². The third-order valence-corrected chi connectivity index (χ3v) is 4.50. The van der Waals surface area contributed by atoms with Crippen LogP contribution in [0, 0.1) is 11.8 Å². The number of nitrogens with zero attached hydrogens (tertiary/aromatic N) is 4. The second-order valence-corrected chi connectivity index (χ2v) is 6.87. The summed E-state index contributed by atoms with van der Waals surface area (Å²) in [7, 11) is 0. The highest BCUT2D eigenvalue weighted by Crippen LogP contribution is 2.21. The number of aromatic nitrogens is 3. The number of piperidine rings is 1. The molecular weight excluding hydrogens is 302 g/mol. The second-order valence-electron chi connectivity index (χ2n) is 6.87. The fourth-order valence-corrected chi connectivity index (χ4v) is 3.48. The lowest BCUT2D eigenvalue weighted by atomic mass is 9.92. The summed E-state index contributed by atoms with van der Waals surface area (Å²) < 4.78 is 1.79. The summed E-state index contributed by atoms with van der Waals surface area (Å²) in [5, 5.41) is 7.22.